The molecule has 5 aromatic rings. The van der Waals surface area contributed by atoms with Gasteiger partial charge in [-0.3, -0.25) is 21.3 Å². The lowest BCUT2D eigenvalue weighted by molar-refractivity contribution is 0.158. The van der Waals surface area contributed by atoms with Crippen LogP contribution >= 0.6 is 0 Å². The summed E-state index contributed by atoms with van der Waals surface area (Å²) in [5.74, 6) is 1.60. The second-order valence-corrected chi connectivity index (χ2v) is 9.34. The molecule has 0 amide bonds. The molecule has 0 aliphatic carbocycles. The van der Waals surface area contributed by atoms with Crippen LogP contribution in [0.15, 0.2) is 84.9 Å². The lowest BCUT2D eigenvalue weighted by Gasteiger charge is -2.24. The van der Waals surface area contributed by atoms with E-state index in [9.17, 15) is 0 Å². The Bertz CT molecular complexity index is 1570. The third-order valence-electron chi connectivity index (χ3n) is 7.03. The van der Waals surface area contributed by atoms with Crippen LogP contribution in [0.5, 0.6) is 11.5 Å². The Kier molecular flexibility index (Phi) is 5.44. The number of rotatable bonds is 5. The molecule has 2 aliphatic heterocycles. The normalized spacial score (nSPS) is 16.9. The fraction of sp³-hybridized carbons (Fsp3) is 0.200. The van der Waals surface area contributed by atoms with Gasteiger partial charge in [-0.25, -0.2) is 0 Å². The highest BCUT2D eigenvalue weighted by molar-refractivity contribution is 6.08. The minimum atomic E-state index is -0.272. The van der Waals surface area contributed by atoms with Gasteiger partial charge in [0.05, 0.1) is 5.56 Å². The highest BCUT2D eigenvalue weighted by Gasteiger charge is 2.26. The first-order chi connectivity index (χ1) is 17.8. The van der Waals surface area contributed by atoms with Crippen molar-refractivity contribution in [3.63, 3.8) is 0 Å². The van der Waals surface area contributed by atoms with E-state index in [-0.39, 0.29) is 12.7 Å². The molecule has 2 saturated heterocycles. The first-order valence-electron chi connectivity index (χ1n) is 12.6. The molecule has 5 aromatic carbocycles. The SMILES string of the molecule is c1ccc2cc3c(OC4NCCN4)c(-c4cccc5ccccc45)c(OC4NCCN4)cc3cc2c1. The first kappa shape index (κ1) is 21.6. The Morgan fingerprint density at radius 1 is 0.528 bits per heavy atom. The monoisotopic (exact) mass is 476 g/mol. The Hall–Kier alpha value is -3.68. The molecule has 6 heteroatoms. The Labute approximate surface area is 209 Å². The molecule has 36 heavy (non-hydrogen) atoms. The van der Waals surface area contributed by atoms with Crippen molar-refractivity contribution in [3.8, 4) is 22.6 Å². The molecule has 180 valence electrons. The van der Waals surface area contributed by atoms with Gasteiger partial charge in [-0.05, 0) is 50.7 Å². The molecule has 0 radical (unpaired) electrons. The van der Waals surface area contributed by atoms with E-state index >= 15 is 0 Å². The fourth-order valence-electron chi connectivity index (χ4n) is 5.32. The number of benzene rings is 5. The largest absolute Gasteiger partial charge is 0.461 e. The van der Waals surface area contributed by atoms with Crippen LogP contribution in [0.2, 0.25) is 0 Å². The highest BCUT2D eigenvalue weighted by Crippen LogP contribution is 2.47. The Morgan fingerprint density at radius 2 is 1.14 bits per heavy atom. The molecule has 7 rings (SSSR count). The summed E-state index contributed by atoms with van der Waals surface area (Å²) in [7, 11) is 0. The number of nitrogens with one attached hydrogen (secondary N) is 4. The van der Waals surface area contributed by atoms with Crippen molar-refractivity contribution >= 4 is 32.3 Å². The van der Waals surface area contributed by atoms with Gasteiger partial charge in [0.25, 0.3) is 0 Å². The smallest absolute Gasteiger partial charge is 0.207 e. The van der Waals surface area contributed by atoms with Crippen LogP contribution in [0.3, 0.4) is 0 Å². The van der Waals surface area contributed by atoms with Crippen molar-refractivity contribution < 1.29 is 9.47 Å². The fourth-order valence-corrected chi connectivity index (χ4v) is 5.32. The minimum Gasteiger partial charge on any atom is -0.461 e. The zero-order valence-corrected chi connectivity index (χ0v) is 19.9. The van der Waals surface area contributed by atoms with Gasteiger partial charge in [-0.15, -0.1) is 0 Å². The minimum absolute atomic E-state index is 0.257. The zero-order valence-electron chi connectivity index (χ0n) is 19.9. The maximum absolute atomic E-state index is 6.73. The van der Waals surface area contributed by atoms with Gasteiger partial charge in [0.1, 0.15) is 11.5 Å². The van der Waals surface area contributed by atoms with E-state index in [4.69, 9.17) is 9.47 Å². The molecule has 0 saturated carbocycles. The molecule has 0 bridgehead atoms. The number of ether oxygens (including phenoxy) is 2. The molecule has 2 aliphatic rings. The second kappa shape index (κ2) is 9.08. The summed E-state index contributed by atoms with van der Waals surface area (Å²) in [6, 6.07) is 30.0. The number of hydrogen-bond donors (Lipinski definition) is 4. The van der Waals surface area contributed by atoms with Crippen molar-refractivity contribution in [1.82, 2.24) is 21.3 Å². The van der Waals surface area contributed by atoms with Gasteiger partial charge in [0.2, 0.25) is 12.7 Å². The molecular weight excluding hydrogens is 448 g/mol. The van der Waals surface area contributed by atoms with Crippen LogP contribution in [-0.2, 0) is 0 Å². The van der Waals surface area contributed by atoms with E-state index in [1.165, 1.54) is 16.2 Å². The maximum atomic E-state index is 6.73. The van der Waals surface area contributed by atoms with E-state index in [2.05, 4.69) is 106 Å². The number of fused-ring (bicyclic) bond motifs is 3. The molecule has 6 nitrogen and oxygen atoms in total. The van der Waals surface area contributed by atoms with Gasteiger partial charge >= 0.3 is 0 Å². The predicted octanol–water partition coefficient (Wildman–Crippen LogP) is 4.52. The molecule has 0 atom stereocenters. The molecule has 0 aromatic heterocycles. The van der Waals surface area contributed by atoms with Crippen LogP contribution in [0.25, 0.3) is 43.4 Å². The number of hydrogen-bond acceptors (Lipinski definition) is 6. The predicted molar refractivity (Wildman–Crippen MR) is 145 cm³/mol. The molecule has 0 spiro atoms. The average molecular weight is 477 g/mol. The van der Waals surface area contributed by atoms with Gasteiger partial charge < -0.3 is 9.47 Å². The Balaban J connectivity index is 1.54. The average Bonchev–Trinajstić information content (AvgIpc) is 3.62. The molecule has 2 fully saturated rings. The van der Waals surface area contributed by atoms with E-state index in [1.54, 1.807) is 0 Å². The van der Waals surface area contributed by atoms with E-state index in [1.807, 2.05) is 0 Å². The summed E-state index contributed by atoms with van der Waals surface area (Å²) < 4.78 is 13.3. The third kappa shape index (κ3) is 3.85. The zero-order chi connectivity index (χ0) is 23.9. The first-order valence-corrected chi connectivity index (χ1v) is 12.6. The topological polar surface area (TPSA) is 66.6 Å². The van der Waals surface area contributed by atoms with Crippen LogP contribution in [0.1, 0.15) is 0 Å². The lowest BCUT2D eigenvalue weighted by atomic mass is 9.93. The van der Waals surface area contributed by atoms with E-state index < -0.39 is 0 Å². The summed E-state index contributed by atoms with van der Waals surface area (Å²) >= 11 is 0. The lowest BCUT2D eigenvalue weighted by Crippen LogP contribution is -2.38. The summed E-state index contributed by atoms with van der Waals surface area (Å²) in [4.78, 5) is 0. The van der Waals surface area contributed by atoms with Crippen molar-refractivity contribution in [1.29, 1.82) is 0 Å². The van der Waals surface area contributed by atoms with Gasteiger partial charge in [-0.2, -0.15) is 0 Å². The van der Waals surface area contributed by atoms with Gasteiger partial charge in [0.15, 0.2) is 0 Å². The maximum Gasteiger partial charge on any atom is 0.207 e. The summed E-state index contributed by atoms with van der Waals surface area (Å²) in [5.41, 5.74) is 2.05. The van der Waals surface area contributed by atoms with Gasteiger partial charge in [0, 0.05) is 31.6 Å². The molecule has 4 N–H and O–H groups in total. The van der Waals surface area contributed by atoms with Crippen molar-refractivity contribution in [3.05, 3.63) is 84.9 Å². The molecule has 2 heterocycles. The quantitative estimate of drug-likeness (QED) is 0.280. The van der Waals surface area contributed by atoms with Crippen LogP contribution < -0.4 is 30.7 Å². The highest BCUT2D eigenvalue weighted by atomic mass is 16.5. The summed E-state index contributed by atoms with van der Waals surface area (Å²) in [6.07, 6.45) is -0.529. The van der Waals surface area contributed by atoms with Crippen molar-refractivity contribution in [2.24, 2.45) is 0 Å². The Morgan fingerprint density at radius 3 is 1.89 bits per heavy atom. The van der Waals surface area contributed by atoms with Crippen molar-refractivity contribution in [2.45, 2.75) is 12.7 Å². The standard InChI is InChI=1S/C30H28N4O2/c1-2-8-21-17-25-22(16-20(21)7-1)18-26(35-29-31-12-13-32-29)27(28(25)36-30-33-14-15-34-30)24-11-5-9-19-6-3-4-10-23(19)24/h1-11,16-18,29-34H,12-15H2. The van der Waals surface area contributed by atoms with Crippen LogP contribution in [0, 0.1) is 0 Å². The summed E-state index contributed by atoms with van der Waals surface area (Å²) in [5, 5.41) is 20.5. The van der Waals surface area contributed by atoms with Crippen LogP contribution in [-0.4, -0.2) is 38.9 Å². The van der Waals surface area contributed by atoms with E-state index in [0.717, 1.165) is 65.0 Å². The molecular formula is C30H28N4O2. The van der Waals surface area contributed by atoms with Gasteiger partial charge in [-0.1, -0.05) is 66.7 Å². The van der Waals surface area contributed by atoms with Crippen LogP contribution in [0.4, 0.5) is 0 Å². The second-order valence-electron chi connectivity index (χ2n) is 9.34. The van der Waals surface area contributed by atoms with E-state index in [0.29, 0.717) is 0 Å². The summed E-state index contributed by atoms with van der Waals surface area (Å²) in [6.45, 7) is 3.46. The molecule has 0 unspecified atom stereocenters. The van der Waals surface area contributed by atoms with Crippen molar-refractivity contribution in [2.75, 3.05) is 26.2 Å². The third-order valence-corrected chi connectivity index (χ3v) is 7.03.